The molecule has 0 amide bonds. The third-order valence-electron chi connectivity index (χ3n) is 2.67. The molecule has 0 fully saturated rings. The monoisotopic (exact) mass is 295 g/mol. The van der Waals surface area contributed by atoms with Crippen LogP contribution in [0.15, 0.2) is 42.5 Å². The van der Waals surface area contributed by atoms with Crippen molar-refractivity contribution in [3.63, 3.8) is 0 Å². The minimum atomic E-state index is -0.289. The van der Waals surface area contributed by atoms with Gasteiger partial charge in [-0.3, -0.25) is 0 Å². The largest absolute Gasteiger partial charge is 0.490 e. The van der Waals surface area contributed by atoms with Gasteiger partial charge >= 0.3 is 0 Å². The molecule has 0 aromatic heterocycles. The van der Waals surface area contributed by atoms with Crippen molar-refractivity contribution in [2.45, 2.75) is 6.54 Å². The van der Waals surface area contributed by atoms with Crippen molar-refractivity contribution in [3.05, 3.63) is 58.9 Å². The summed E-state index contributed by atoms with van der Waals surface area (Å²) in [6.45, 7) is 1.08. The van der Waals surface area contributed by atoms with E-state index < -0.39 is 0 Å². The molecule has 0 unspecified atom stereocenters. The van der Waals surface area contributed by atoms with Crippen LogP contribution in [0, 0.1) is 5.82 Å². The predicted molar refractivity (Wildman–Crippen MR) is 76.7 cm³/mol. The van der Waals surface area contributed by atoms with Crippen molar-refractivity contribution in [1.82, 2.24) is 0 Å². The Balaban J connectivity index is 1.82. The van der Waals surface area contributed by atoms with Gasteiger partial charge in [-0.2, -0.15) is 0 Å². The van der Waals surface area contributed by atoms with Crippen LogP contribution in [0.3, 0.4) is 0 Å². The Bertz CT molecular complexity index is 560. The average molecular weight is 296 g/mol. The van der Waals surface area contributed by atoms with Crippen molar-refractivity contribution in [2.24, 2.45) is 5.73 Å². The van der Waals surface area contributed by atoms with Gasteiger partial charge in [0.15, 0.2) is 0 Å². The van der Waals surface area contributed by atoms with E-state index in [1.165, 1.54) is 12.1 Å². The molecule has 0 aliphatic carbocycles. The van der Waals surface area contributed by atoms with Gasteiger partial charge in [0.25, 0.3) is 0 Å². The second-order valence-electron chi connectivity index (χ2n) is 4.11. The van der Waals surface area contributed by atoms with Gasteiger partial charge in [0.1, 0.15) is 30.5 Å². The van der Waals surface area contributed by atoms with Crippen LogP contribution in [-0.2, 0) is 6.54 Å². The van der Waals surface area contributed by atoms with Gasteiger partial charge in [-0.25, -0.2) is 4.39 Å². The van der Waals surface area contributed by atoms with E-state index in [-0.39, 0.29) is 5.82 Å². The van der Waals surface area contributed by atoms with E-state index in [4.69, 9.17) is 26.8 Å². The van der Waals surface area contributed by atoms with Crippen LogP contribution in [0.25, 0.3) is 0 Å². The van der Waals surface area contributed by atoms with Crippen molar-refractivity contribution in [1.29, 1.82) is 0 Å². The molecule has 3 nitrogen and oxygen atoms in total. The fourth-order valence-corrected chi connectivity index (χ4v) is 1.89. The molecule has 0 radical (unpaired) electrons. The lowest BCUT2D eigenvalue weighted by atomic mass is 10.2. The zero-order chi connectivity index (χ0) is 14.4. The number of hydrogen-bond donors (Lipinski definition) is 1. The van der Waals surface area contributed by atoms with Gasteiger partial charge < -0.3 is 15.2 Å². The number of rotatable bonds is 6. The molecule has 0 aliphatic heterocycles. The molecule has 0 saturated heterocycles. The van der Waals surface area contributed by atoms with Gasteiger partial charge in [0, 0.05) is 17.1 Å². The number of halogens is 2. The lowest BCUT2D eigenvalue weighted by Gasteiger charge is -2.11. The highest BCUT2D eigenvalue weighted by Crippen LogP contribution is 2.22. The minimum Gasteiger partial charge on any atom is -0.490 e. The zero-order valence-electron chi connectivity index (χ0n) is 10.8. The SMILES string of the molecule is NCc1cc(Cl)ccc1OCCOc1ccc(F)cc1. The van der Waals surface area contributed by atoms with Crippen LogP contribution in [0.5, 0.6) is 11.5 Å². The second-order valence-corrected chi connectivity index (χ2v) is 4.54. The summed E-state index contributed by atoms with van der Waals surface area (Å²) < 4.78 is 23.7. The first-order valence-corrected chi connectivity index (χ1v) is 6.56. The minimum absolute atomic E-state index is 0.289. The smallest absolute Gasteiger partial charge is 0.124 e. The number of benzene rings is 2. The Morgan fingerprint density at radius 1 is 1.00 bits per heavy atom. The Morgan fingerprint density at radius 3 is 2.40 bits per heavy atom. The molecule has 0 heterocycles. The van der Waals surface area contributed by atoms with Crippen LogP contribution < -0.4 is 15.2 Å². The Hall–Kier alpha value is -1.78. The highest BCUT2D eigenvalue weighted by molar-refractivity contribution is 6.30. The molecular formula is C15H15ClFNO2. The summed E-state index contributed by atoms with van der Waals surface area (Å²) in [5.41, 5.74) is 6.47. The average Bonchev–Trinajstić information content (AvgIpc) is 2.46. The van der Waals surface area contributed by atoms with E-state index in [0.717, 1.165) is 5.56 Å². The molecule has 2 aromatic rings. The standard InChI is InChI=1S/C15H15ClFNO2/c16-12-1-6-15(11(9-12)10-18)20-8-7-19-14-4-2-13(17)3-5-14/h1-6,9H,7-8,10,18H2. The third kappa shape index (κ3) is 4.11. The summed E-state index contributed by atoms with van der Waals surface area (Å²) >= 11 is 5.88. The Labute approximate surface area is 122 Å². The van der Waals surface area contributed by atoms with Crippen molar-refractivity contribution in [2.75, 3.05) is 13.2 Å². The normalized spacial score (nSPS) is 10.3. The van der Waals surface area contributed by atoms with E-state index in [2.05, 4.69) is 0 Å². The van der Waals surface area contributed by atoms with Gasteiger partial charge in [-0.05, 0) is 42.5 Å². The molecule has 106 valence electrons. The van der Waals surface area contributed by atoms with Gasteiger partial charge in [0.05, 0.1) is 0 Å². The molecule has 2 aromatic carbocycles. The summed E-state index contributed by atoms with van der Waals surface area (Å²) in [5, 5.41) is 0.625. The Morgan fingerprint density at radius 2 is 1.70 bits per heavy atom. The fraction of sp³-hybridized carbons (Fsp3) is 0.200. The van der Waals surface area contributed by atoms with Crippen molar-refractivity contribution < 1.29 is 13.9 Å². The molecule has 20 heavy (non-hydrogen) atoms. The highest BCUT2D eigenvalue weighted by Gasteiger charge is 2.03. The summed E-state index contributed by atoms with van der Waals surface area (Å²) in [6.07, 6.45) is 0. The molecule has 0 bridgehead atoms. The molecule has 0 spiro atoms. The number of nitrogens with two attached hydrogens (primary N) is 1. The maximum absolute atomic E-state index is 12.7. The van der Waals surface area contributed by atoms with Gasteiger partial charge in [-0.1, -0.05) is 11.6 Å². The van der Waals surface area contributed by atoms with E-state index in [9.17, 15) is 4.39 Å². The summed E-state index contributed by atoms with van der Waals surface area (Å²) in [4.78, 5) is 0. The van der Waals surface area contributed by atoms with Crippen LogP contribution in [0.4, 0.5) is 4.39 Å². The molecule has 0 aliphatic rings. The van der Waals surface area contributed by atoms with E-state index in [0.29, 0.717) is 36.3 Å². The van der Waals surface area contributed by atoms with Crippen molar-refractivity contribution >= 4 is 11.6 Å². The highest BCUT2D eigenvalue weighted by atomic mass is 35.5. The quantitative estimate of drug-likeness (QED) is 0.831. The van der Waals surface area contributed by atoms with Crippen LogP contribution in [0.2, 0.25) is 5.02 Å². The van der Waals surface area contributed by atoms with Crippen LogP contribution >= 0.6 is 11.6 Å². The van der Waals surface area contributed by atoms with Gasteiger partial charge in [0.2, 0.25) is 0 Å². The predicted octanol–water partition coefficient (Wildman–Crippen LogP) is 3.40. The summed E-state index contributed by atoms with van der Waals surface area (Å²) in [7, 11) is 0. The summed E-state index contributed by atoms with van der Waals surface area (Å²) in [6, 6.07) is 11.1. The van der Waals surface area contributed by atoms with E-state index >= 15 is 0 Å². The van der Waals surface area contributed by atoms with Crippen LogP contribution in [0.1, 0.15) is 5.56 Å². The third-order valence-corrected chi connectivity index (χ3v) is 2.90. The summed E-state index contributed by atoms with van der Waals surface area (Å²) in [5.74, 6) is 1.01. The molecular weight excluding hydrogens is 281 g/mol. The second kappa shape index (κ2) is 7.12. The van der Waals surface area contributed by atoms with Crippen molar-refractivity contribution in [3.8, 4) is 11.5 Å². The topological polar surface area (TPSA) is 44.5 Å². The fourth-order valence-electron chi connectivity index (χ4n) is 1.69. The molecule has 2 rings (SSSR count). The van der Waals surface area contributed by atoms with Crippen LogP contribution in [-0.4, -0.2) is 13.2 Å². The molecule has 2 N–H and O–H groups in total. The van der Waals surface area contributed by atoms with E-state index in [1.54, 1.807) is 30.3 Å². The molecule has 0 saturated carbocycles. The van der Waals surface area contributed by atoms with Gasteiger partial charge in [-0.15, -0.1) is 0 Å². The lowest BCUT2D eigenvalue weighted by molar-refractivity contribution is 0.216. The number of ether oxygens (including phenoxy) is 2. The first kappa shape index (κ1) is 14.6. The lowest BCUT2D eigenvalue weighted by Crippen LogP contribution is -2.11. The maximum Gasteiger partial charge on any atom is 0.124 e. The first-order chi connectivity index (χ1) is 9.69. The first-order valence-electron chi connectivity index (χ1n) is 6.18. The Kier molecular flexibility index (Phi) is 5.21. The number of hydrogen-bond acceptors (Lipinski definition) is 3. The van der Waals surface area contributed by atoms with E-state index in [1.807, 2.05) is 0 Å². The zero-order valence-corrected chi connectivity index (χ0v) is 11.6. The molecule has 5 heteroatoms. The maximum atomic E-state index is 12.7. The molecule has 0 atom stereocenters.